The van der Waals surface area contributed by atoms with E-state index in [2.05, 4.69) is 26.9 Å². The van der Waals surface area contributed by atoms with Crippen molar-refractivity contribution in [3.63, 3.8) is 0 Å². The van der Waals surface area contributed by atoms with Gasteiger partial charge in [-0.1, -0.05) is 13.3 Å². The zero-order chi connectivity index (χ0) is 14.3. The highest BCUT2D eigenvalue weighted by Gasteiger charge is 2.14. The average Bonchev–Trinajstić information content (AvgIpc) is 2.37. The van der Waals surface area contributed by atoms with Crippen LogP contribution in [0.3, 0.4) is 0 Å². The van der Waals surface area contributed by atoms with Gasteiger partial charge in [-0.05, 0) is 13.3 Å². The highest BCUT2D eigenvalue weighted by molar-refractivity contribution is 5.85. The molecule has 1 atom stereocenters. The molecule has 0 aliphatic rings. The molecular weight excluding hydrogens is 246 g/mol. The van der Waals surface area contributed by atoms with E-state index in [1.165, 1.54) is 7.11 Å². The molecule has 106 valence electrons. The van der Waals surface area contributed by atoms with Crippen LogP contribution in [0.2, 0.25) is 0 Å². The second kappa shape index (κ2) is 7.68. The number of rotatable bonds is 7. The zero-order valence-electron chi connectivity index (χ0n) is 11.9. The third kappa shape index (κ3) is 4.82. The molecule has 1 N–H and O–H groups in total. The molecule has 1 unspecified atom stereocenters. The van der Waals surface area contributed by atoms with Crippen LogP contribution in [0, 0.1) is 6.92 Å². The normalized spacial score (nSPS) is 12.0. The van der Waals surface area contributed by atoms with Crippen molar-refractivity contribution < 1.29 is 14.3 Å². The van der Waals surface area contributed by atoms with Crippen molar-refractivity contribution in [3.05, 3.63) is 17.6 Å². The molecule has 0 saturated carbocycles. The maximum atomic E-state index is 11.5. The number of anilines is 1. The Morgan fingerprint density at radius 1 is 1.42 bits per heavy atom. The topological polar surface area (TPSA) is 73.3 Å². The first-order valence-electron chi connectivity index (χ1n) is 6.30. The molecule has 0 fully saturated rings. The average molecular weight is 267 g/mol. The van der Waals surface area contributed by atoms with Gasteiger partial charge in [-0.15, -0.1) is 0 Å². The van der Waals surface area contributed by atoms with Crippen LogP contribution < -0.4 is 5.32 Å². The van der Waals surface area contributed by atoms with E-state index in [4.69, 9.17) is 4.74 Å². The Kier molecular flexibility index (Phi) is 6.21. The molecule has 6 nitrogen and oxygen atoms in total. The lowest BCUT2D eigenvalue weighted by Gasteiger charge is -2.18. The fraction of sp³-hybridized carbons (Fsp3) is 0.615. The van der Waals surface area contributed by atoms with Crippen LogP contribution in [0.15, 0.2) is 6.07 Å². The number of nitrogens with zero attached hydrogens (tertiary/aromatic N) is 2. The van der Waals surface area contributed by atoms with E-state index >= 15 is 0 Å². The van der Waals surface area contributed by atoms with Crippen LogP contribution in [0.25, 0.3) is 0 Å². The largest absolute Gasteiger partial charge is 0.463 e. The van der Waals surface area contributed by atoms with Crippen molar-refractivity contribution in [2.24, 2.45) is 0 Å². The van der Waals surface area contributed by atoms with Crippen molar-refractivity contribution in [1.29, 1.82) is 0 Å². The third-order valence-electron chi connectivity index (χ3n) is 2.58. The number of carbonyl (C=O) groups is 1. The summed E-state index contributed by atoms with van der Waals surface area (Å²) in [6, 6.07) is 1.96. The monoisotopic (exact) mass is 267 g/mol. The zero-order valence-corrected chi connectivity index (χ0v) is 11.9. The summed E-state index contributed by atoms with van der Waals surface area (Å²) in [6.07, 6.45) is 2.00. The van der Waals surface area contributed by atoms with Gasteiger partial charge in [-0.3, -0.25) is 0 Å². The Morgan fingerprint density at radius 3 is 2.74 bits per heavy atom. The number of aryl methyl sites for hydroxylation is 1. The van der Waals surface area contributed by atoms with Crippen molar-refractivity contribution >= 4 is 11.8 Å². The minimum absolute atomic E-state index is 0.0673. The van der Waals surface area contributed by atoms with Gasteiger partial charge in [-0.25, -0.2) is 14.8 Å². The van der Waals surface area contributed by atoms with E-state index < -0.39 is 5.97 Å². The van der Waals surface area contributed by atoms with Crippen molar-refractivity contribution in [3.8, 4) is 0 Å². The molecule has 0 bridgehead atoms. The van der Waals surface area contributed by atoms with Crippen LogP contribution in [0.5, 0.6) is 0 Å². The number of hydrogen-bond donors (Lipinski definition) is 1. The summed E-state index contributed by atoms with van der Waals surface area (Å²) in [5.74, 6) is 0.145. The fourth-order valence-electron chi connectivity index (χ4n) is 1.78. The van der Waals surface area contributed by atoms with E-state index in [1.807, 2.05) is 6.92 Å². The Hall–Kier alpha value is -1.69. The molecule has 1 heterocycles. The van der Waals surface area contributed by atoms with E-state index in [1.54, 1.807) is 13.2 Å². The molecule has 0 aliphatic carbocycles. The summed E-state index contributed by atoms with van der Waals surface area (Å²) < 4.78 is 9.79. The Morgan fingerprint density at radius 2 is 2.16 bits per heavy atom. The number of hydrogen-bond acceptors (Lipinski definition) is 6. The minimum Gasteiger partial charge on any atom is -0.463 e. The second-order valence-electron chi connectivity index (χ2n) is 4.30. The highest BCUT2D eigenvalue weighted by atomic mass is 16.5. The van der Waals surface area contributed by atoms with Gasteiger partial charge in [0, 0.05) is 18.9 Å². The fourth-order valence-corrected chi connectivity index (χ4v) is 1.78. The van der Waals surface area contributed by atoms with Crippen LogP contribution in [-0.4, -0.2) is 42.8 Å². The summed E-state index contributed by atoms with van der Waals surface area (Å²) in [5, 5.41) is 3.26. The summed E-state index contributed by atoms with van der Waals surface area (Å²) in [5.41, 5.74) is 0.713. The molecule has 1 aromatic rings. The van der Waals surface area contributed by atoms with Gasteiger partial charge in [0.25, 0.3) is 0 Å². The Balaban J connectivity index is 2.87. The lowest BCUT2D eigenvalue weighted by Crippen LogP contribution is -2.26. The maximum absolute atomic E-state index is 11.5. The van der Waals surface area contributed by atoms with Gasteiger partial charge in [0.15, 0.2) is 0 Å². The quantitative estimate of drug-likeness (QED) is 0.759. The van der Waals surface area contributed by atoms with Crippen molar-refractivity contribution in [2.45, 2.75) is 32.7 Å². The van der Waals surface area contributed by atoms with Gasteiger partial charge in [0.1, 0.15) is 5.82 Å². The highest BCUT2D eigenvalue weighted by Crippen LogP contribution is 2.11. The van der Waals surface area contributed by atoms with Crippen molar-refractivity contribution in [1.82, 2.24) is 9.97 Å². The Labute approximate surface area is 113 Å². The summed E-state index contributed by atoms with van der Waals surface area (Å²) in [6.45, 7) is 4.50. The molecule has 6 heteroatoms. The SMILES string of the molecule is CCCC(COC)Nc1cc(C)nc(C(=O)OC)n1. The number of carbonyl (C=O) groups excluding carboxylic acids is 1. The molecular formula is C13H21N3O3. The first-order chi connectivity index (χ1) is 9.10. The van der Waals surface area contributed by atoms with Crippen LogP contribution >= 0.6 is 0 Å². The number of aromatic nitrogens is 2. The molecule has 19 heavy (non-hydrogen) atoms. The predicted molar refractivity (Wildman–Crippen MR) is 72.3 cm³/mol. The van der Waals surface area contributed by atoms with E-state index in [-0.39, 0.29) is 11.9 Å². The molecule has 0 radical (unpaired) electrons. The summed E-state index contributed by atoms with van der Waals surface area (Å²) in [7, 11) is 2.97. The first-order valence-corrected chi connectivity index (χ1v) is 6.30. The molecule has 0 amide bonds. The predicted octanol–water partition coefficient (Wildman–Crippen LogP) is 1.80. The molecule has 0 aromatic carbocycles. The van der Waals surface area contributed by atoms with Gasteiger partial charge in [0.05, 0.1) is 19.8 Å². The van der Waals surface area contributed by atoms with Gasteiger partial charge in [-0.2, -0.15) is 0 Å². The lowest BCUT2D eigenvalue weighted by atomic mass is 10.2. The van der Waals surface area contributed by atoms with Crippen LogP contribution in [0.1, 0.15) is 36.1 Å². The van der Waals surface area contributed by atoms with Gasteiger partial charge < -0.3 is 14.8 Å². The standard InChI is InChI=1S/C13H21N3O3/c1-5-6-10(8-18-3)15-11-7-9(2)14-12(16-11)13(17)19-4/h7,10H,5-6,8H2,1-4H3,(H,14,15,16). The lowest BCUT2D eigenvalue weighted by molar-refractivity contribution is 0.0586. The maximum Gasteiger partial charge on any atom is 0.376 e. The van der Waals surface area contributed by atoms with Crippen LogP contribution in [0.4, 0.5) is 5.82 Å². The van der Waals surface area contributed by atoms with Gasteiger partial charge in [0.2, 0.25) is 5.82 Å². The number of nitrogens with one attached hydrogen (secondary N) is 1. The number of methoxy groups -OCH3 is 2. The van der Waals surface area contributed by atoms with Crippen molar-refractivity contribution in [2.75, 3.05) is 26.1 Å². The second-order valence-corrected chi connectivity index (χ2v) is 4.30. The molecule has 0 aliphatic heterocycles. The molecule has 0 saturated heterocycles. The van der Waals surface area contributed by atoms with E-state index in [0.717, 1.165) is 12.8 Å². The minimum atomic E-state index is -0.537. The van der Waals surface area contributed by atoms with Crippen LogP contribution in [-0.2, 0) is 9.47 Å². The van der Waals surface area contributed by atoms with Gasteiger partial charge >= 0.3 is 5.97 Å². The third-order valence-corrected chi connectivity index (χ3v) is 2.58. The first kappa shape index (κ1) is 15.4. The molecule has 0 spiro atoms. The smallest absolute Gasteiger partial charge is 0.376 e. The number of esters is 1. The summed E-state index contributed by atoms with van der Waals surface area (Å²) in [4.78, 5) is 19.7. The molecule has 1 aromatic heterocycles. The van der Waals surface area contributed by atoms with E-state index in [0.29, 0.717) is 18.1 Å². The Bertz CT molecular complexity index is 418. The number of ether oxygens (including phenoxy) is 2. The summed E-state index contributed by atoms with van der Waals surface area (Å²) >= 11 is 0. The molecule has 1 rings (SSSR count). The van der Waals surface area contributed by atoms with E-state index in [9.17, 15) is 4.79 Å².